The SMILES string of the molecule is CC(C)n1cc(CNc2ccncn2)cn1. The third-order valence-corrected chi connectivity index (χ3v) is 2.24. The summed E-state index contributed by atoms with van der Waals surface area (Å²) < 4.78 is 1.94. The molecule has 0 spiro atoms. The molecule has 2 aromatic heterocycles. The molecule has 2 aromatic rings. The second kappa shape index (κ2) is 4.74. The van der Waals surface area contributed by atoms with Crippen LogP contribution in [0.1, 0.15) is 25.5 Å². The predicted octanol–water partition coefficient (Wildman–Crippen LogP) is 1.87. The van der Waals surface area contributed by atoms with Gasteiger partial charge in [-0.3, -0.25) is 4.68 Å². The van der Waals surface area contributed by atoms with Crippen LogP contribution in [0.3, 0.4) is 0 Å². The molecule has 5 heteroatoms. The van der Waals surface area contributed by atoms with Crippen molar-refractivity contribution in [2.75, 3.05) is 5.32 Å². The van der Waals surface area contributed by atoms with Gasteiger partial charge < -0.3 is 5.32 Å². The highest BCUT2D eigenvalue weighted by Gasteiger charge is 2.01. The van der Waals surface area contributed by atoms with Crippen molar-refractivity contribution < 1.29 is 0 Å². The molecule has 0 bridgehead atoms. The molecule has 0 aliphatic rings. The smallest absolute Gasteiger partial charge is 0.129 e. The number of nitrogens with one attached hydrogen (secondary N) is 1. The van der Waals surface area contributed by atoms with E-state index in [1.165, 1.54) is 6.33 Å². The Labute approximate surface area is 94.5 Å². The Morgan fingerprint density at radius 3 is 2.94 bits per heavy atom. The van der Waals surface area contributed by atoms with Gasteiger partial charge in [-0.05, 0) is 19.9 Å². The highest BCUT2D eigenvalue weighted by molar-refractivity contribution is 5.32. The van der Waals surface area contributed by atoms with E-state index in [-0.39, 0.29) is 0 Å². The fourth-order valence-corrected chi connectivity index (χ4v) is 1.34. The van der Waals surface area contributed by atoms with Crippen molar-refractivity contribution in [3.63, 3.8) is 0 Å². The largest absolute Gasteiger partial charge is 0.366 e. The van der Waals surface area contributed by atoms with Crippen molar-refractivity contribution >= 4 is 5.82 Å². The molecular formula is C11H15N5. The summed E-state index contributed by atoms with van der Waals surface area (Å²) in [5.41, 5.74) is 1.15. The first-order valence-electron chi connectivity index (χ1n) is 5.28. The standard InChI is InChI=1S/C11H15N5/c1-9(2)16-7-10(6-15-16)5-13-11-3-4-12-8-14-11/h3-4,6-9H,5H2,1-2H3,(H,12,13,14). The van der Waals surface area contributed by atoms with Crippen LogP contribution in [-0.4, -0.2) is 19.7 Å². The maximum absolute atomic E-state index is 4.27. The number of nitrogens with zero attached hydrogens (tertiary/aromatic N) is 4. The van der Waals surface area contributed by atoms with Gasteiger partial charge in [0.25, 0.3) is 0 Å². The Balaban J connectivity index is 1.95. The minimum absolute atomic E-state index is 0.396. The lowest BCUT2D eigenvalue weighted by Gasteiger charge is -2.04. The molecule has 16 heavy (non-hydrogen) atoms. The van der Waals surface area contributed by atoms with Crippen LogP contribution in [-0.2, 0) is 6.54 Å². The summed E-state index contributed by atoms with van der Waals surface area (Å²) >= 11 is 0. The first-order valence-corrected chi connectivity index (χ1v) is 5.28. The second-order valence-corrected chi connectivity index (χ2v) is 3.87. The van der Waals surface area contributed by atoms with E-state index in [9.17, 15) is 0 Å². The van der Waals surface area contributed by atoms with Gasteiger partial charge >= 0.3 is 0 Å². The molecule has 2 rings (SSSR count). The van der Waals surface area contributed by atoms with Gasteiger partial charge in [0.05, 0.1) is 6.20 Å². The number of anilines is 1. The van der Waals surface area contributed by atoms with Gasteiger partial charge in [-0.25, -0.2) is 9.97 Å². The zero-order valence-corrected chi connectivity index (χ0v) is 9.46. The Hall–Kier alpha value is -1.91. The Kier molecular flexibility index (Phi) is 3.14. The van der Waals surface area contributed by atoms with Crippen LogP contribution >= 0.6 is 0 Å². The first kappa shape index (κ1) is 10.6. The molecule has 2 heterocycles. The average molecular weight is 217 g/mol. The summed E-state index contributed by atoms with van der Waals surface area (Å²) in [4.78, 5) is 7.95. The highest BCUT2D eigenvalue weighted by Crippen LogP contribution is 2.07. The lowest BCUT2D eigenvalue weighted by atomic mass is 10.3. The van der Waals surface area contributed by atoms with Crippen molar-refractivity contribution in [1.29, 1.82) is 0 Å². The van der Waals surface area contributed by atoms with Crippen LogP contribution in [0.15, 0.2) is 31.0 Å². The second-order valence-electron chi connectivity index (χ2n) is 3.87. The molecule has 1 N–H and O–H groups in total. The average Bonchev–Trinajstić information content (AvgIpc) is 2.76. The van der Waals surface area contributed by atoms with Crippen LogP contribution in [0.5, 0.6) is 0 Å². The number of aromatic nitrogens is 4. The summed E-state index contributed by atoms with van der Waals surface area (Å²) in [7, 11) is 0. The van der Waals surface area contributed by atoms with Gasteiger partial charge in [-0.1, -0.05) is 0 Å². The van der Waals surface area contributed by atoms with Crippen LogP contribution in [0, 0.1) is 0 Å². The molecular weight excluding hydrogens is 202 g/mol. The third-order valence-electron chi connectivity index (χ3n) is 2.24. The van der Waals surface area contributed by atoms with E-state index in [1.807, 2.05) is 23.1 Å². The van der Waals surface area contributed by atoms with E-state index in [1.54, 1.807) is 6.20 Å². The number of hydrogen-bond acceptors (Lipinski definition) is 4. The molecule has 0 fully saturated rings. The number of hydrogen-bond donors (Lipinski definition) is 1. The molecule has 0 amide bonds. The van der Waals surface area contributed by atoms with Crippen LogP contribution in [0.2, 0.25) is 0 Å². The Bertz CT molecular complexity index is 435. The Morgan fingerprint density at radius 1 is 1.44 bits per heavy atom. The van der Waals surface area contributed by atoms with Crippen molar-refractivity contribution in [3.05, 3.63) is 36.5 Å². The Morgan fingerprint density at radius 2 is 2.31 bits per heavy atom. The minimum Gasteiger partial charge on any atom is -0.366 e. The molecule has 5 nitrogen and oxygen atoms in total. The van der Waals surface area contributed by atoms with E-state index >= 15 is 0 Å². The van der Waals surface area contributed by atoms with E-state index < -0.39 is 0 Å². The predicted molar refractivity (Wildman–Crippen MR) is 62.0 cm³/mol. The molecule has 0 radical (unpaired) electrons. The topological polar surface area (TPSA) is 55.6 Å². The third kappa shape index (κ3) is 2.56. The molecule has 0 saturated heterocycles. The number of rotatable bonds is 4. The molecule has 0 unspecified atom stereocenters. The van der Waals surface area contributed by atoms with E-state index in [4.69, 9.17) is 0 Å². The van der Waals surface area contributed by atoms with E-state index in [2.05, 4.69) is 34.2 Å². The molecule has 0 aliphatic heterocycles. The zero-order chi connectivity index (χ0) is 11.4. The zero-order valence-electron chi connectivity index (χ0n) is 9.46. The van der Waals surface area contributed by atoms with Crippen molar-refractivity contribution in [1.82, 2.24) is 19.7 Å². The lowest BCUT2D eigenvalue weighted by Crippen LogP contribution is -2.02. The van der Waals surface area contributed by atoms with Gasteiger partial charge in [0.1, 0.15) is 12.1 Å². The molecule has 0 atom stereocenters. The van der Waals surface area contributed by atoms with Crippen molar-refractivity contribution in [2.45, 2.75) is 26.4 Å². The first-order chi connectivity index (χ1) is 7.75. The summed E-state index contributed by atoms with van der Waals surface area (Å²) in [5, 5.41) is 7.48. The quantitative estimate of drug-likeness (QED) is 0.849. The van der Waals surface area contributed by atoms with Crippen molar-refractivity contribution in [3.8, 4) is 0 Å². The minimum atomic E-state index is 0.396. The summed E-state index contributed by atoms with van der Waals surface area (Å²) in [6.07, 6.45) is 7.15. The van der Waals surface area contributed by atoms with Gasteiger partial charge in [0, 0.05) is 30.5 Å². The van der Waals surface area contributed by atoms with Crippen LogP contribution < -0.4 is 5.32 Å². The summed E-state index contributed by atoms with van der Waals surface area (Å²) in [5.74, 6) is 0.826. The molecule has 0 aliphatic carbocycles. The highest BCUT2D eigenvalue weighted by atomic mass is 15.3. The van der Waals surface area contributed by atoms with Crippen molar-refractivity contribution in [2.24, 2.45) is 0 Å². The van der Waals surface area contributed by atoms with Crippen LogP contribution in [0.25, 0.3) is 0 Å². The maximum atomic E-state index is 4.27. The molecule has 0 saturated carbocycles. The molecule has 84 valence electrons. The summed E-state index contributed by atoms with van der Waals surface area (Å²) in [6, 6.07) is 2.24. The lowest BCUT2D eigenvalue weighted by molar-refractivity contribution is 0.532. The van der Waals surface area contributed by atoms with Gasteiger partial charge in [-0.2, -0.15) is 5.10 Å². The van der Waals surface area contributed by atoms with Gasteiger partial charge in [-0.15, -0.1) is 0 Å². The van der Waals surface area contributed by atoms with Gasteiger partial charge in [0.15, 0.2) is 0 Å². The van der Waals surface area contributed by atoms with E-state index in [0.29, 0.717) is 6.04 Å². The molecule has 0 aromatic carbocycles. The fourth-order valence-electron chi connectivity index (χ4n) is 1.34. The van der Waals surface area contributed by atoms with E-state index in [0.717, 1.165) is 17.9 Å². The van der Waals surface area contributed by atoms with Gasteiger partial charge in [0.2, 0.25) is 0 Å². The summed E-state index contributed by atoms with van der Waals surface area (Å²) in [6.45, 7) is 4.94. The maximum Gasteiger partial charge on any atom is 0.129 e. The fraction of sp³-hybridized carbons (Fsp3) is 0.364. The van der Waals surface area contributed by atoms with Crippen LogP contribution in [0.4, 0.5) is 5.82 Å². The monoisotopic (exact) mass is 217 g/mol. The normalized spacial score (nSPS) is 10.7.